The molecule has 11 heteroatoms. The Morgan fingerprint density at radius 2 is 1.76 bits per heavy atom. The molecule has 0 aromatic heterocycles. The zero-order valence-corrected chi connectivity index (χ0v) is 25.2. The Bertz CT molecular complexity index is 1400. The lowest BCUT2D eigenvalue weighted by Crippen LogP contribution is -2.55. The van der Waals surface area contributed by atoms with Gasteiger partial charge < -0.3 is 20.2 Å². The normalized spacial score (nSPS) is 28.2. The van der Waals surface area contributed by atoms with E-state index in [1.807, 2.05) is 0 Å². The van der Waals surface area contributed by atoms with Crippen molar-refractivity contribution in [1.82, 2.24) is 20.0 Å². The molecule has 0 radical (unpaired) electrons. The predicted molar refractivity (Wildman–Crippen MR) is 160 cm³/mol. The Hall–Kier alpha value is -3.44. The number of urea groups is 1. The van der Waals surface area contributed by atoms with E-state index >= 15 is 0 Å². The van der Waals surface area contributed by atoms with Crippen LogP contribution < -0.4 is 5.32 Å². The number of piperidine rings is 1. The number of aliphatic hydroxyl groups is 1. The van der Waals surface area contributed by atoms with E-state index in [0.717, 1.165) is 50.7 Å². The number of carbonyl (C=O) groups excluding carboxylic acids is 2. The van der Waals surface area contributed by atoms with Crippen LogP contribution in [-0.2, 0) is 23.1 Å². The number of hydrogen-bond donors (Lipinski definition) is 2. The van der Waals surface area contributed by atoms with Gasteiger partial charge in [-0.05, 0) is 73.9 Å². The van der Waals surface area contributed by atoms with Crippen LogP contribution in [-0.4, -0.2) is 76.0 Å². The number of alkyl halides is 3. The molecule has 2 N–H and O–H groups in total. The molecule has 3 heterocycles. The van der Waals surface area contributed by atoms with Crippen LogP contribution >= 0.6 is 0 Å². The standard InChI is InChI=1S/C34H40F4N4O3/c1-2-14-41(32(44)39-18-22-6-10-24(11-7-22)34(36,37)38)30-16-28-12-13-29(17-30)42(28)20-26-19-40(31(43)23-8-9-23)21-33(26,45)25-4-3-5-27(35)15-25/h2-7,10-11,15,23,26,28-30,45H,1,8-9,12-14,16-21H2,(H,39,44)/t26-,28?,29?,30?,33+/m1/s1. The monoisotopic (exact) mass is 628 g/mol. The molecule has 4 aliphatic rings. The summed E-state index contributed by atoms with van der Waals surface area (Å²) >= 11 is 0. The Morgan fingerprint density at radius 3 is 2.36 bits per heavy atom. The highest BCUT2D eigenvalue weighted by molar-refractivity contribution is 5.81. The number of nitrogens with zero attached hydrogens (tertiary/aromatic N) is 3. The molecule has 1 aliphatic carbocycles. The summed E-state index contributed by atoms with van der Waals surface area (Å²) in [6.07, 6.45) is 2.36. The molecule has 1 saturated carbocycles. The van der Waals surface area contributed by atoms with Crippen LogP contribution in [0.5, 0.6) is 0 Å². The van der Waals surface area contributed by atoms with Crippen molar-refractivity contribution in [3.63, 3.8) is 0 Å². The van der Waals surface area contributed by atoms with Gasteiger partial charge in [-0.25, -0.2) is 9.18 Å². The molecule has 2 aromatic carbocycles. The molecule has 2 unspecified atom stereocenters. The molecule has 0 spiro atoms. The number of β-amino-alcohol motifs (C(OH)–C–C–N with tert-alkyl or cyclic N) is 1. The molecule has 7 nitrogen and oxygen atoms in total. The molecular formula is C34H40F4N4O3. The number of carbonyl (C=O) groups is 2. The quantitative estimate of drug-likeness (QED) is 0.292. The van der Waals surface area contributed by atoms with Crippen LogP contribution in [0.15, 0.2) is 61.2 Å². The minimum Gasteiger partial charge on any atom is -0.383 e. The topological polar surface area (TPSA) is 76.1 Å². The first-order chi connectivity index (χ1) is 21.5. The van der Waals surface area contributed by atoms with Gasteiger partial charge in [0, 0.05) is 56.1 Å². The molecule has 3 amide bonds. The molecule has 45 heavy (non-hydrogen) atoms. The highest BCUT2D eigenvalue weighted by atomic mass is 19.4. The van der Waals surface area contributed by atoms with Crippen LogP contribution in [0.2, 0.25) is 0 Å². The van der Waals surface area contributed by atoms with Crippen LogP contribution in [0, 0.1) is 17.7 Å². The summed E-state index contributed by atoms with van der Waals surface area (Å²) in [5.74, 6) is -0.630. The summed E-state index contributed by atoms with van der Waals surface area (Å²) in [6.45, 7) is 5.39. The summed E-state index contributed by atoms with van der Waals surface area (Å²) in [5, 5.41) is 14.9. The third kappa shape index (κ3) is 6.60. The number of hydrogen-bond acceptors (Lipinski definition) is 4. The minimum absolute atomic E-state index is 0.0219. The summed E-state index contributed by atoms with van der Waals surface area (Å²) in [4.78, 5) is 32.3. The molecule has 6 rings (SSSR count). The maximum Gasteiger partial charge on any atom is 0.416 e. The van der Waals surface area contributed by atoms with Gasteiger partial charge in [0.2, 0.25) is 5.91 Å². The van der Waals surface area contributed by atoms with Gasteiger partial charge in [0.15, 0.2) is 0 Å². The summed E-state index contributed by atoms with van der Waals surface area (Å²) in [7, 11) is 0. The first-order valence-corrected chi connectivity index (χ1v) is 15.8. The molecule has 242 valence electrons. The fourth-order valence-electron chi connectivity index (χ4n) is 7.63. The number of fused-ring (bicyclic) bond motifs is 2. The zero-order chi connectivity index (χ0) is 31.9. The SMILES string of the molecule is C=CCN(C(=O)NCc1ccc(C(F)(F)F)cc1)C1CC2CCC(C1)N2C[C@H]1CN(C(=O)C2CC2)C[C@]1(O)c1cccc(F)c1. The molecule has 2 bridgehead atoms. The highest BCUT2D eigenvalue weighted by Crippen LogP contribution is 2.44. The highest BCUT2D eigenvalue weighted by Gasteiger charge is 2.53. The van der Waals surface area contributed by atoms with Crippen LogP contribution in [0.1, 0.15) is 55.2 Å². The fraction of sp³-hybridized carbons (Fsp3) is 0.529. The van der Waals surface area contributed by atoms with Gasteiger partial charge in [0.1, 0.15) is 11.4 Å². The van der Waals surface area contributed by atoms with Crippen LogP contribution in [0.4, 0.5) is 22.4 Å². The van der Waals surface area contributed by atoms with Gasteiger partial charge in [-0.1, -0.05) is 30.3 Å². The number of nitrogens with one attached hydrogen (secondary N) is 1. The van der Waals surface area contributed by atoms with E-state index in [-0.39, 0.29) is 55.0 Å². The predicted octanol–water partition coefficient (Wildman–Crippen LogP) is 5.29. The lowest BCUT2D eigenvalue weighted by atomic mass is 9.82. The molecule has 4 atom stereocenters. The van der Waals surface area contributed by atoms with E-state index in [1.165, 1.54) is 24.3 Å². The van der Waals surface area contributed by atoms with Gasteiger partial charge in [-0.15, -0.1) is 6.58 Å². The van der Waals surface area contributed by atoms with E-state index in [0.29, 0.717) is 30.8 Å². The third-order valence-electron chi connectivity index (χ3n) is 10.2. The Balaban J connectivity index is 1.12. The van der Waals surface area contributed by atoms with Crippen molar-refractivity contribution in [2.45, 2.75) is 75.0 Å². The summed E-state index contributed by atoms with van der Waals surface area (Å²) in [6, 6.07) is 10.8. The van der Waals surface area contributed by atoms with Gasteiger partial charge in [-0.2, -0.15) is 13.2 Å². The first-order valence-electron chi connectivity index (χ1n) is 15.8. The van der Waals surface area contributed by atoms with Crippen LogP contribution in [0.3, 0.4) is 0 Å². The average molecular weight is 629 g/mol. The van der Waals surface area contributed by atoms with Crippen molar-refractivity contribution in [2.24, 2.45) is 11.8 Å². The number of likely N-dealkylation sites (tertiary alicyclic amines) is 1. The van der Waals surface area contributed by atoms with Crippen molar-refractivity contribution in [2.75, 3.05) is 26.2 Å². The number of halogens is 4. The van der Waals surface area contributed by atoms with Crippen LogP contribution in [0.25, 0.3) is 0 Å². The third-order valence-corrected chi connectivity index (χ3v) is 10.2. The van der Waals surface area contributed by atoms with E-state index in [9.17, 15) is 32.3 Å². The smallest absolute Gasteiger partial charge is 0.383 e. The molecular weight excluding hydrogens is 588 g/mol. The average Bonchev–Trinajstić information content (AvgIpc) is 3.77. The maximum atomic E-state index is 14.3. The van der Waals surface area contributed by atoms with Crippen molar-refractivity contribution in [3.8, 4) is 0 Å². The summed E-state index contributed by atoms with van der Waals surface area (Å²) in [5.41, 5.74) is -1.04. The van der Waals surface area contributed by atoms with Crippen molar-refractivity contribution in [3.05, 3.63) is 83.7 Å². The number of benzene rings is 2. The second kappa shape index (κ2) is 12.4. The van der Waals surface area contributed by atoms with E-state index < -0.39 is 23.2 Å². The molecule has 3 aliphatic heterocycles. The zero-order valence-electron chi connectivity index (χ0n) is 25.2. The maximum absolute atomic E-state index is 14.3. The van der Waals surface area contributed by atoms with Crippen molar-refractivity contribution in [1.29, 1.82) is 0 Å². The van der Waals surface area contributed by atoms with Crippen molar-refractivity contribution < 1.29 is 32.3 Å². The molecule has 4 fully saturated rings. The fourth-order valence-corrected chi connectivity index (χ4v) is 7.63. The Kier molecular flexibility index (Phi) is 8.69. The Labute approximate surface area is 260 Å². The first kappa shape index (κ1) is 31.5. The number of rotatable bonds is 9. The Morgan fingerprint density at radius 1 is 1.07 bits per heavy atom. The van der Waals surface area contributed by atoms with E-state index in [2.05, 4.69) is 16.8 Å². The van der Waals surface area contributed by atoms with Gasteiger partial charge in [0.25, 0.3) is 0 Å². The minimum atomic E-state index is -4.42. The second-order valence-electron chi connectivity index (χ2n) is 13.1. The molecule has 3 saturated heterocycles. The lowest BCUT2D eigenvalue weighted by molar-refractivity contribution is -0.137. The van der Waals surface area contributed by atoms with Gasteiger partial charge in [-0.3, -0.25) is 9.69 Å². The largest absolute Gasteiger partial charge is 0.416 e. The number of amides is 3. The van der Waals surface area contributed by atoms with E-state index in [4.69, 9.17) is 0 Å². The van der Waals surface area contributed by atoms with Crippen molar-refractivity contribution >= 4 is 11.9 Å². The van der Waals surface area contributed by atoms with Gasteiger partial charge >= 0.3 is 12.2 Å². The second-order valence-corrected chi connectivity index (χ2v) is 13.1. The molecule has 2 aromatic rings. The van der Waals surface area contributed by atoms with Gasteiger partial charge in [0.05, 0.1) is 12.1 Å². The summed E-state index contributed by atoms with van der Waals surface area (Å²) < 4.78 is 53.0. The lowest BCUT2D eigenvalue weighted by Gasteiger charge is -2.45. The van der Waals surface area contributed by atoms with E-state index in [1.54, 1.807) is 28.0 Å².